The molecule has 0 bridgehead atoms. The summed E-state index contributed by atoms with van der Waals surface area (Å²) in [6.07, 6.45) is 1.92. The van der Waals surface area contributed by atoms with E-state index in [2.05, 4.69) is 15.6 Å². The van der Waals surface area contributed by atoms with Crippen molar-refractivity contribution in [2.75, 3.05) is 13.6 Å². The number of urea groups is 1. The van der Waals surface area contributed by atoms with Crippen LogP contribution in [0.2, 0.25) is 0 Å². The minimum atomic E-state index is -0.423. The van der Waals surface area contributed by atoms with Crippen molar-refractivity contribution in [1.29, 1.82) is 0 Å². The van der Waals surface area contributed by atoms with Crippen molar-refractivity contribution >= 4 is 6.03 Å². The van der Waals surface area contributed by atoms with Gasteiger partial charge in [-0.05, 0) is 32.4 Å². The van der Waals surface area contributed by atoms with Crippen molar-refractivity contribution in [3.63, 3.8) is 0 Å². The second kappa shape index (κ2) is 7.73. The Morgan fingerprint density at radius 2 is 2.04 bits per heavy atom. The first-order valence-corrected chi connectivity index (χ1v) is 7.64. The summed E-state index contributed by atoms with van der Waals surface area (Å²) in [6, 6.07) is 9.21. The maximum absolute atomic E-state index is 12.1. The lowest BCUT2D eigenvalue weighted by atomic mass is 10.2. The van der Waals surface area contributed by atoms with Gasteiger partial charge < -0.3 is 15.3 Å². The first kappa shape index (κ1) is 17.0. The largest absolute Gasteiger partial charge is 0.393 e. The highest BCUT2D eigenvalue weighted by molar-refractivity contribution is 5.74. The molecule has 0 aliphatic rings. The second-order valence-electron chi connectivity index (χ2n) is 5.65. The Labute approximate surface area is 135 Å². The van der Waals surface area contributed by atoms with Crippen LogP contribution in [-0.4, -0.2) is 50.7 Å². The van der Waals surface area contributed by atoms with E-state index in [4.69, 9.17) is 0 Å². The molecule has 2 rings (SSSR count). The lowest BCUT2D eigenvalue weighted by molar-refractivity contribution is 0.162. The fourth-order valence-electron chi connectivity index (χ4n) is 2.03. The molecule has 2 unspecified atom stereocenters. The monoisotopic (exact) mass is 317 g/mol. The van der Waals surface area contributed by atoms with E-state index in [9.17, 15) is 9.90 Å². The number of rotatable bonds is 6. The zero-order valence-corrected chi connectivity index (χ0v) is 13.7. The molecular formula is C16H23N5O2. The molecule has 2 atom stereocenters. The van der Waals surface area contributed by atoms with Gasteiger partial charge in [-0.25, -0.2) is 9.48 Å². The zero-order valence-electron chi connectivity index (χ0n) is 13.7. The van der Waals surface area contributed by atoms with E-state index in [0.717, 1.165) is 5.69 Å². The van der Waals surface area contributed by atoms with Gasteiger partial charge in [-0.15, -0.1) is 5.10 Å². The summed E-state index contributed by atoms with van der Waals surface area (Å²) >= 11 is 0. The van der Waals surface area contributed by atoms with Crippen LogP contribution < -0.4 is 5.32 Å². The number of amides is 2. The van der Waals surface area contributed by atoms with Crippen LogP contribution in [0.3, 0.4) is 0 Å². The molecule has 7 heteroatoms. The lowest BCUT2D eigenvalue weighted by Gasteiger charge is -2.20. The average molecular weight is 317 g/mol. The summed E-state index contributed by atoms with van der Waals surface area (Å²) in [6.45, 7) is 4.06. The van der Waals surface area contributed by atoms with Crippen LogP contribution in [0, 0.1) is 0 Å². The van der Waals surface area contributed by atoms with Crippen LogP contribution in [0.1, 0.15) is 32.0 Å². The van der Waals surface area contributed by atoms with E-state index < -0.39 is 6.10 Å². The number of aliphatic hydroxyl groups is 1. The van der Waals surface area contributed by atoms with Gasteiger partial charge in [-0.2, -0.15) is 0 Å². The van der Waals surface area contributed by atoms with Gasteiger partial charge in [-0.1, -0.05) is 23.4 Å². The number of carbonyl (C=O) groups is 1. The van der Waals surface area contributed by atoms with Crippen LogP contribution in [0.5, 0.6) is 0 Å². The van der Waals surface area contributed by atoms with Gasteiger partial charge in [0.25, 0.3) is 0 Å². The summed E-state index contributed by atoms with van der Waals surface area (Å²) in [4.78, 5) is 13.6. The number of aliphatic hydroxyl groups excluding tert-OH is 1. The predicted molar refractivity (Wildman–Crippen MR) is 87.2 cm³/mol. The summed E-state index contributed by atoms with van der Waals surface area (Å²) in [5.41, 5.74) is 1.60. The Morgan fingerprint density at radius 1 is 1.35 bits per heavy atom. The molecule has 0 saturated carbocycles. The second-order valence-corrected chi connectivity index (χ2v) is 5.65. The minimum Gasteiger partial charge on any atom is -0.393 e. The number of benzene rings is 1. The molecule has 1 aromatic heterocycles. The van der Waals surface area contributed by atoms with Crippen LogP contribution in [-0.2, 0) is 0 Å². The Kier molecular flexibility index (Phi) is 5.70. The maximum Gasteiger partial charge on any atom is 0.317 e. The molecule has 0 aliphatic heterocycles. The first-order valence-electron chi connectivity index (χ1n) is 7.64. The predicted octanol–water partition coefficient (Wildman–Crippen LogP) is 1.74. The molecule has 2 N–H and O–H groups in total. The van der Waals surface area contributed by atoms with Gasteiger partial charge in [-0.3, -0.25) is 0 Å². The summed E-state index contributed by atoms with van der Waals surface area (Å²) in [5, 5.41) is 20.4. The van der Waals surface area contributed by atoms with Crippen molar-refractivity contribution < 1.29 is 9.90 Å². The molecule has 2 amide bonds. The molecule has 0 saturated heterocycles. The van der Waals surface area contributed by atoms with Gasteiger partial charge in [0.1, 0.15) is 5.69 Å². The van der Waals surface area contributed by atoms with Crippen LogP contribution in [0.4, 0.5) is 4.79 Å². The molecule has 0 aliphatic carbocycles. The highest BCUT2D eigenvalue weighted by Crippen LogP contribution is 2.12. The van der Waals surface area contributed by atoms with E-state index >= 15 is 0 Å². The molecule has 124 valence electrons. The van der Waals surface area contributed by atoms with Crippen molar-refractivity contribution in [3.8, 4) is 5.69 Å². The van der Waals surface area contributed by atoms with E-state index in [1.54, 1.807) is 29.7 Å². The maximum atomic E-state index is 12.1. The fraction of sp³-hybridized carbons (Fsp3) is 0.438. The Morgan fingerprint density at radius 3 is 2.70 bits per heavy atom. The first-order chi connectivity index (χ1) is 11.0. The van der Waals surface area contributed by atoms with Crippen molar-refractivity contribution in [3.05, 3.63) is 42.2 Å². The van der Waals surface area contributed by atoms with Crippen LogP contribution >= 0.6 is 0 Å². The van der Waals surface area contributed by atoms with Gasteiger partial charge in [0.05, 0.1) is 24.0 Å². The summed E-state index contributed by atoms with van der Waals surface area (Å²) < 4.78 is 1.68. The number of nitrogens with zero attached hydrogens (tertiary/aromatic N) is 4. The number of para-hydroxylation sites is 1. The van der Waals surface area contributed by atoms with Gasteiger partial charge in [0.2, 0.25) is 0 Å². The van der Waals surface area contributed by atoms with E-state index in [1.165, 1.54) is 0 Å². The summed E-state index contributed by atoms with van der Waals surface area (Å²) in [7, 11) is 1.70. The molecule has 0 radical (unpaired) electrons. The lowest BCUT2D eigenvalue weighted by Crippen LogP contribution is -2.39. The Hall–Kier alpha value is -2.41. The zero-order chi connectivity index (χ0) is 16.8. The van der Waals surface area contributed by atoms with Crippen molar-refractivity contribution in [2.24, 2.45) is 0 Å². The normalized spacial score (nSPS) is 13.4. The highest BCUT2D eigenvalue weighted by Gasteiger charge is 2.16. The molecule has 23 heavy (non-hydrogen) atoms. The van der Waals surface area contributed by atoms with Crippen LogP contribution in [0.15, 0.2) is 36.5 Å². The van der Waals surface area contributed by atoms with E-state index in [0.29, 0.717) is 18.7 Å². The molecule has 2 aromatic rings. The third-order valence-corrected chi connectivity index (χ3v) is 3.54. The van der Waals surface area contributed by atoms with Gasteiger partial charge in [0.15, 0.2) is 0 Å². The number of aromatic nitrogens is 3. The van der Waals surface area contributed by atoms with E-state index in [1.807, 2.05) is 37.3 Å². The fourth-order valence-corrected chi connectivity index (χ4v) is 2.03. The van der Waals surface area contributed by atoms with Crippen LogP contribution in [0.25, 0.3) is 5.69 Å². The Balaban J connectivity index is 1.94. The molecule has 0 fully saturated rings. The third kappa shape index (κ3) is 4.79. The SMILES string of the molecule is CC(O)CCN(C)C(=O)NC(C)c1cn(-c2ccccc2)nn1. The number of carbonyl (C=O) groups excluding carboxylic acids is 1. The Bertz CT molecular complexity index is 626. The number of nitrogens with one attached hydrogen (secondary N) is 1. The van der Waals surface area contributed by atoms with E-state index in [-0.39, 0.29) is 12.1 Å². The standard InChI is InChI=1S/C16H23N5O2/c1-12(22)9-10-20(3)16(23)17-13(2)15-11-21(19-18-15)14-7-5-4-6-8-14/h4-8,11-13,22H,9-10H2,1-3H3,(H,17,23). The third-order valence-electron chi connectivity index (χ3n) is 3.54. The molecule has 1 heterocycles. The number of hydrogen-bond donors (Lipinski definition) is 2. The van der Waals surface area contributed by atoms with Gasteiger partial charge in [0, 0.05) is 13.6 Å². The average Bonchev–Trinajstić information content (AvgIpc) is 3.03. The highest BCUT2D eigenvalue weighted by atomic mass is 16.3. The van der Waals surface area contributed by atoms with Crippen molar-refractivity contribution in [1.82, 2.24) is 25.2 Å². The molecule has 7 nitrogen and oxygen atoms in total. The number of hydrogen-bond acceptors (Lipinski definition) is 4. The topological polar surface area (TPSA) is 83.3 Å². The molecular weight excluding hydrogens is 294 g/mol. The molecule has 1 aromatic carbocycles. The van der Waals surface area contributed by atoms with Crippen molar-refractivity contribution in [2.45, 2.75) is 32.4 Å². The quantitative estimate of drug-likeness (QED) is 0.850. The minimum absolute atomic E-state index is 0.201. The van der Waals surface area contributed by atoms with Gasteiger partial charge >= 0.3 is 6.03 Å². The molecule has 0 spiro atoms. The summed E-state index contributed by atoms with van der Waals surface area (Å²) in [5.74, 6) is 0. The smallest absolute Gasteiger partial charge is 0.317 e.